The molecule has 0 aliphatic heterocycles. The van der Waals surface area contributed by atoms with Crippen LogP contribution in [0.2, 0.25) is 10.0 Å². The summed E-state index contributed by atoms with van der Waals surface area (Å²) in [4.78, 5) is 39.7. The molecule has 1 aromatic heterocycles. The van der Waals surface area contributed by atoms with Crippen molar-refractivity contribution in [3.8, 4) is 5.88 Å². The molecule has 7 nitrogen and oxygen atoms in total. The van der Waals surface area contributed by atoms with E-state index in [0.29, 0.717) is 65.7 Å². The lowest BCUT2D eigenvalue weighted by atomic mass is 9.87. The monoisotopic (exact) mass is 478 g/mol. The highest BCUT2D eigenvalue weighted by Crippen LogP contribution is 2.27. The molecule has 1 heterocycles. The quantitative estimate of drug-likeness (QED) is 0.395. The van der Waals surface area contributed by atoms with Crippen LogP contribution in [0, 0.1) is 5.92 Å². The zero-order chi connectivity index (χ0) is 23.1. The molecular formula is C23H24Cl2N2O5. The molecule has 0 atom stereocenters. The number of carboxylic acids is 1. The summed E-state index contributed by atoms with van der Waals surface area (Å²) in [5.74, 6) is -0.976. The van der Waals surface area contributed by atoms with Gasteiger partial charge in [0, 0.05) is 36.4 Å². The van der Waals surface area contributed by atoms with Crippen LogP contribution >= 0.6 is 23.2 Å². The van der Waals surface area contributed by atoms with Crippen molar-refractivity contribution >= 4 is 40.9 Å². The van der Waals surface area contributed by atoms with E-state index >= 15 is 0 Å². The van der Waals surface area contributed by atoms with E-state index in [9.17, 15) is 14.4 Å². The molecule has 170 valence electrons. The lowest BCUT2D eigenvalue weighted by Gasteiger charge is -2.26. The van der Waals surface area contributed by atoms with E-state index in [4.69, 9.17) is 33.0 Å². The molecule has 3 rings (SSSR count). The van der Waals surface area contributed by atoms with Crippen molar-refractivity contribution in [2.45, 2.75) is 44.6 Å². The van der Waals surface area contributed by atoms with Crippen molar-refractivity contribution in [2.24, 2.45) is 5.92 Å². The van der Waals surface area contributed by atoms with Gasteiger partial charge in [-0.2, -0.15) is 0 Å². The molecule has 0 bridgehead atoms. The minimum absolute atomic E-state index is 0.0567. The van der Waals surface area contributed by atoms with Gasteiger partial charge in [-0.25, -0.2) is 4.98 Å². The first-order valence-corrected chi connectivity index (χ1v) is 11.2. The fourth-order valence-electron chi connectivity index (χ4n) is 3.55. The van der Waals surface area contributed by atoms with Crippen LogP contribution in [0.4, 0.5) is 0 Å². The Labute approximate surface area is 196 Å². The lowest BCUT2D eigenvalue weighted by molar-refractivity contribution is -0.143. The number of pyridine rings is 1. The molecule has 32 heavy (non-hydrogen) atoms. The van der Waals surface area contributed by atoms with Crippen LogP contribution in [0.25, 0.3) is 0 Å². The number of halogens is 2. The van der Waals surface area contributed by atoms with Crippen molar-refractivity contribution in [3.63, 3.8) is 0 Å². The third-order valence-corrected chi connectivity index (χ3v) is 6.16. The molecule has 2 N–H and O–H groups in total. The molecule has 1 saturated carbocycles. The molecule has 0 saturated heterocycles. The number of carbonyl (C=O) groups is 3. The summed E-state index contributed by atoms with van der Waals surface area (Å²) >= 11 is 11.8. The normalized spacial score (nSPS) is 18.1. The molecule has 1 amide bonds. The first-order valence-electron chi connectivity index (χ1n) is 10.5. The molecular weight excluding hydrogens is 455 g/mol. The van der Waals surface area contributed by atoms with Gasteiger partial charge in [-0.1, -0.05) is 23.2 Å². The van der Waals surface area contributed by atoms with Crippen LogP contribution < -0.4 is 10.1 Å². The van der Waals surface area contributed by atoms with Crippen molar-refractivity contribution in [1.82, 2.24) is 10.3 Å². The number of hydrogen-bond acceptors (Lipinski definition) is 5. The molecule has 0 spiro atoms. The first kappa shape index (κ1) is 24.0. The number of nitrogens with zero attached hydrogens (tertiary/aromatic N) is 1. The number of nitrogens with one attached hydrogen (secondary N) is 1. The SMILES string of the molecule is O=C(CCCNC(=O)c1ccc(Cl)c(Cl)c1)c1ccc(OC2CCC(C(=O)O)CC2)nc1. The number of aromatic nitrogens is 1. The number of benzene rings is 1. The standard InChI is InChI=1S/C23H24Cl2N2O5/c24-18-9-5-15(12-19(18)25)22(29)26-11-1-2-20(28)16-6-10-21(27-13-16)32-17-7-3-14(4-8-17)23(30)31/h5-6,9-10,12-14,17H,1-4,7-8,11H2,(H,26,29)(H,30,31). The van der Waals surface area contributed by atoms with Crippen LogP contribution in [0.1, 0.15) is 59.2 Å². The van der Waals surface area contributed by atoms with E-state index in [2.05, 4.69) is 10.3 Å². The van der Waals surface area contributed by atoms with Crippen LogP contribution in [-0.4, -0.2) is 40.4 Å². The van der Waals surface area contributed by atoms with Gasteiger partial charge in [0.25, 0.3) is 5.91 Å². The maximum absolute atomic E-state index is 12.4. The number of rotatable bonds is 9. The Balaban J connectivity index is 1.39. The van der Waals surface area contributed by atoms with E-state index < -0.39 is 5.97 Å². The molecule has 1 aliphatic carbocycles. The number of aliphatic carboxylic acids is 1. The Bertz CT molecular complexity index is 973. The highest BCUT2D eigenvalue weighted by molar-refractivity contribution is 6.42. The average molecular weight is 479 g/mol. The minimum Gasteiger partial charge on any atom is -0.481 e. The summed E-state index contributed by atoms with van der Waals surface area (Å²) in [6, 6.07) is 7.97. The summed E-state index contributed by atoms with van der Waals surface area (Å²) in [5.41, 5.74) is 0.879. The summed E-state index contributed by atoms with van der Waals surface area (Å²) in [7, 11) is 0. The molecule has 2 aromatic rings. The smallest absolute Gasteiger partial charge is 0.306 e. The van der Waals surface area contributed by atoms with Gasteiger partial charge in [0.1, 0.15) is 6.10 Å². The van der Waals surface area contributed by atoms with Crippen LogP contribution in [0.15, 0.2) is 36.5 Å². The summed E-state index contributed by atoms with van der Waals surface area (Å²) in [5, 5.41) is 12.5. The third kappa shape index (κ3) is 6.68. The lowest BCUT2D eigenvalue weighted by Crippen LogP contribution is -2.28. The maximum atomic E-state index is 12.4. The maximum Gasteiger partial charge on any atom is 0.306 e. The molecule has 1 aliphatic rings. The Morgan fingerprint density at radius 1 is 1.03 bits per heavy atom. The Morgan fingerprint density at radius 2 is 1.75 bits per heavy atom. The van der Waals surface area contributed by atoms with Gasteiger partial charge in [-0.15, -0.1) is 0 Å². The number of ketones is 1. The number of carbonyl (C=O) groups excluding carboxylic acids is 2. The second-order valence-electron chi connectivity index (χ2n) is 7.73. The highest BCUT2D eigenvalue weighted by atomic mass is 35.5. The van der Waals surface area contributed by atoms with Crippen LogP contribution in [0.3, 0.4) is 0 Å². The van der Waals surface area contributed by atoms with Gasteiger partial charge in [0.2, 0.25) is 5.88 Å². The zero-order valence-electron chi connectivity index (χ0n) is 17.4. The second-order valence-corrected chi connectivity index (χ2v) is 8.54. The van der Waals surface area contributed by atoms with E-state index in [1.165, 1.54) is 12.3 Å². The molecule has 0 radical (unpaired) electrons. The number of carboxylic acid groups (broad SMARTS) is 1. The zero-order valence-corrected chi connectivity index (χ0v) is 18.9. The fourth-order valence-corrected chi connectivity index (χ4v) is 3.85. The molecule has 0 unspecified atom stereocenters. The van der Waals surface area contributed by atoms with Crippen molar-refractivity contribution in [1.29, 1.82) is 0 Å². The average Bonchev–Trinajstić information content (AvgIpc) is 2.79. The Morgan fingerprint density at radius 3 is 2.38 bits per heavy atom. The van der Waals surface area contributed by atoms with Gasteiger partial charge >= 0.3 is 5.97 Å². The molecule has 1 aromatic carbocycles. The molecule has 1 fully saturated rings. The number of ether oxygens (including phenoxy) is 1. The van der Waals surface area contributed by atoms with Gasteiger partial charge in [-0.3, -0.25) is 14.4 Å². The largest absolute Gasteiger partial charge is 0.481 e. The number of hydrogen-bond donors (Lipinski definition) is 2. The summed E-state index contributed by atoms with van der Waals surface area (Å²) in [6.45, 7) is 0.346. The topological polar surface area (TPSA) is 106 Å². The van der Waals surface area contributed by atoms with Crippen molar-refractivity contribution in [2.75, 3.05) is 6.54 Å². The third-order valence-electron chi connectivity index (χ3n) is 5.42. The second kappa shape index (κ2) is 11.3. The fraction of sp³-hybridized carbons (Fsp3) is 0.391. The Hall–Kier alpha value is -2.64. The van der Waals surface area contributed by atoms with Crippen LogP contribution in [-0.2, 0) is 4.79 Å². The van der Waals surface area contributed by atoms with Gasteiger partial charge in [0.05, 0.1) is 16.0 Å². The predicted octanol–water partition coefficient (Wildman–Crippen LogP) is 4.80. The van der Waals surface area contributed by atoms with Gasteiger partial charge < -0.3 is 15.2 Å². The predicted molar refractivity (Wildman–Crippen MR) is 121 cm³/mol. The van der Waals surface area contributed by atoms with Crippen molar-refractivity contribution < 1.29 is 24.2 Å². The van der Waals surface area contributed by atoms with Crippen molar-refractivity contribution in [3.05, 3.63) is 57.7 Å². The highest BCUT2D eigenvalue weighted by Gasteiger charge is 2.27. The summed E-state index contributed by atoms with van der Waals surface area (Å²) < 4.78 is 5.82. The summed E-state index contributed by atoms with van der Waals surface area (Å²) in [6.07, 6.45) is 4.71. The van der Waals surface area contributed by atoms with E-state index in [1.54, 1.807) is 24.3 Å². The Kier molecular flexibility index (Phi) is 8.47. The van der Waals surface area contributed by atoms with Gasteiger partial charge in [-0.05, 0) is 56.4 Å². The molecule has 9 heteroatoms. The first-order chi connectivity index (χ1) is 15.3. The number of amides is 1. The number of Topliss-reactive ketones (excluding diaryl/α,β-unsaturated/α-hetero) is 1. The van der Waals surface area contributed by atoms with Gasteiger partial charge in [0.15, 0.2) is 5.78 Å². The van der Waals surface area contributed by atoms with E-state index in [0.717, 1.165) is 0 Å². The van der Waals surface area contributed by atoms with E-state index in [1.807, 2.05) is 0 Å². The van der Waals surface area contributed by atoms with Crippen LogP contribution in [0.5, 0.6) is 5.88 Å². The van der Waals surface area contributed by atoms with E-state index in [-0.39, 0.29) is 30.1 Å². The minimum atomic E-state index is -0.751.